The van der Waals surface area contributed by atoms with Gasteiger partial charge in [-0.15, -0.1) is 0 Å². The van der Waals surface area contributed by atoms with Crippen LogP contribution in [0, 0.1) is 5.41 Å². The zero-order valence-electron chi connectivity index (χ0n) is 60.5. The number of rotatable bonds is 27. The van der Waals surface area contributed by atoms with Gasteiger partial charge in [0.15, 0.2) is 55.3 Å². The molecule has 15 atom stereocenters. The second-order valence-electron chi connectivity index (χ2n) is 25.7. The van der Waals surface area contributed by atoms with E-state index >= 15 is 9.59 Å². The summed E-state index contributed by atoms with van der Waals surface area (Å²) in [4.78, 5) is 146. The predicted octanol–water partition coefficient (Wildman–Crippen LogP) is 12.2. The zero-order valence-corrected chi connectivity index (χ0v) is 62.8. The fraction of sp³-hybridized carbons (Fsp3) is 0.235. The summed E-state index contributed by atoms with van der Waals surface area (Å²) in [5, 5.41) is 8.86. The zero-order chi connectivity index (χ0) is 81.0. The molecule has 30 heteroatoms. The summed E-state index contributed by atoms with van der Waals surface area (Å²) in [5.41, 5.74) is -0.702. The highest BCUT2D eigenvalue weighted by atomic mass is 35.6. The molecule has 0 saturated carbocycles. The van der Waals surface area contributed by atoms with Crippen LogP contribution in [0.2, 0.25) is 0 Å². The van der Waals surface area contributed by atoms with Crippen molar-refractivity contribution in [2.75, 3.05) is 19.8 Å². The van der Waals surface area contributed by atoms with Gasteiger partial charge in [0.05, 0.1) is 56.7 Å². The largest absolute Gasteiger partial charge is 0.463 e. The smallest absolute Gasteiger partial charge is 0.338 e. The molecule has 3 saturated heterocycles. The van der Waals surface area contributed by atoms with Crippen molar-refractivity contribution in [1.82, 2.24) is 0 Å². The molecule has 3 aliphatic rings. The maximum atomic E-state index is 15.2. The van der Waals surface area contributed by atoms with Crippen LogP contribution in [0.3, 0.4) is 0 Å². The molecule has 3 fully saturated rings. The Kier molecular flexibility index (Phi) is 27.9. The lowest BCUT2D eigenvalue weighted by Crippen LogP contribution is -2.68. The summed E-state index contributed by atoms with van der Waals surface area (Å²) in [7, 11) is 0. The van der Waals surface area contributed by atoms with Gasteiger partial charge in [-0.3, -0.25) is 10.2 Å². The maximum absolute atomic E-state index is 15.2. The Labute approximate surface area is 671 Å². The van der Waals surface area contributed by atoms with Crippen molar-refractivity contribution in [2.24, 2.45) is 0 Å². The third-order valence-corrected chi connectivity index (χ3v) is 18.4. The van der Waals surface area contributed by atoms with Crippen LogP contribution in [-0.4, -0.2) is 181 Å². The fourth-order valence-electron chi connectivity index (χ4n) is 12.3. The number of esters is 10. The molecule has 592 valence electrons. The van der Waals surface area contributed by atoms with Crippen molar-refractivity contribution in [3.05, 3.63) is 323 Å². The summed E-state index contributed by atoms with van der Waals surface area (Å²) < 4.78 is 99.8. The fourth-order valence-corrected chi connectivity index (χ4v) is 12.4. The predicted molar refractivity (Wildman–Crippen MR) is 404 cm³/mol. The molecule has 1 N–H and O–H groups in total. The van der Waals surface area contributed by atoms with Crippen LogP contribution in [0.15, 0.2) is 273 Å². The number of hydrogen-bond donors (Lipinski definition) is 1. The SMILES string of the molecule is CC(=O)OC[C@H]1O[C@@H](OC[C@H]2O[C@H](OC(=N)C(Cl)(Cl)Cl)[C@H](OC(=O)c3ccccc3)[C@@H](OC(=O)c3ccccc3)[C@H]2OC(=O)c2ccccc2)[C@H](OC(=O)c2ccccc2)[C@@H](OC(=O)c2ccccc2)[C@H]1O[C@H]1O[C@H](COC(=O)c2ccccc2)[C@@H](OC(=O)c2ccccc2)[C@H](OC(=O)c2ccccc2)[C@@H]1OC(=O)c1ccccc1. The Morgan fingerprint density at radius 2 is 0.504 bits per heavy atom. The number of hydrogen-bond acceptors (Lipinski definition) is 27. The van der Waals surface area contributed by atoms with Crippen molar-refractivity contribution >= 4 is 100 Å². The maximum Gasteiger partial charge on any atom is 0.338 e. The Morgan fingerprint density at radius 1 is 0.278 bits per heavy atom. The van der Waals surface area contributed by atoms with Crippen LogP contribution < -0.4 is 0 Å². The molecule has 0 aliphatic carbocycles. The average Bonchev–Trinajstić information content (AvgIpc) is 0.732. The van der Waals surface area contributed by atoms with Gasteiger partial charge >= 0.3 is 59.7 Å². The second-order valence-corrected chi connectivity index (χ2v) is 27.9. The van der Waals surface area contributed by atoms with E-state index < -0.39 is 181 Å². The van der Waals surface area contributed by atoms with Crippen molar-refractivity contribution in [3.63, 3.8) is 0 Å². The van der Waals surface area contributed by atoms with E-state index in [0.717, 1.165) is 6.92 Å². The van der Waals surface area contributed by atoms with Gasteiger partial charge < -0.3 is 75.8 Å². The van der Waals surface area contributed by atoms with Gasteiger partial charge in [-0.25, -0.2) is 43.2 Å². The number of carbonyl (C=O) groups excluding carboxylic acids is 10. The minimum absolute atomic E-state index is 0.0391. The molecule has 0 aromatic heterocycles. The Bertz CT molecular complexity index is 4830. The molecule has 115 heavy (non-hydrogen) atoms. The summed E-state index contributed by atoms with van der Waals surface area (Å²) in [6.07, 6.45) is -31.4. The van der Waals surface area contributed by atoms with Gasteiger partial charge in [0.25, 0.3) is 3.79 Å². The highest BCUT2D eigenvalue weighted by Crippen LogP contribution is 2.40. The third kappa shape index (κ3) is 21.6. The van der Waals surface area contributed by atoms with Crippen LogP contribution in [0.5, 0.6) is 0 Å². The van der Waals surface area contributed by atoms with Crippen LogP contribution in [0.1, 0.15) is 100 Å². The lowest BCUT2D eigenvalue weighted by atomic mass is 9.95. The monoisotopic (exact) mass is 1630 g/mol. The molecule has 0 radical (unpaired) electrons. The molecule has 12 rings (SSSR count). The standard InChI is InChI=1S/C85H70Cl3NO26/c1-50(90)100-47-60-65(114-82-70(112-79(98)58-43-25-9-26-44-58)66(108-75(94)54-35-17-5-18-36-54)63(106-73(92)52-31-13-3-14-32-52)61(104-82)48-101-72(91)51-29-11-2-12-30-51)68(110-77(96)56-39-21-7-22-40-56)69(111-78(97)57-41-23-8-24-42-57)81(103-60)102-49-62-64(107-74(93)53-33-15-4-16-34-53)67(109-76(95)55-37-19-6-20-38-55)71(83(105-62)115-84(89)85(86,87)88)113-80(99)59-45-27-10-28-46-59/h2-46,60-71,81-83,89H,47-49H2,1H3/t60-,61-,62-,63-,64+,65+,66+,67+,68+,69-,70+,71-,81-,82-,83-/m1/s1. The molecular formula is C85H70Cl3NO26. The van der Waals surface area contributed by atoms with Crippen LogP contribution in [0.25, 0.3) is 0 Å². The molecule has 9 aromatic rings. The molecule has 0 unspecified atom stereocenters. The molecule has 27 nitrogen and oxygen atoms in total. The van der Waals surface area contributed by atoms with Crippen LogP contribution >= 0.6 is 34.8 Å². The normalized spacial score (nSPS) is 23.0. The van der Waals surface area contributed by atoms with Gasteiger partial charge in [-0.05, 0) is 109 Å². The lowest BCUT2D eigenvalue weighted by Gasteiger charge is -2.49. The Hall–Kier alpha value is -12.2. The molecule has 0 amide bonds. The molecule has 3 aliphatic heterocycles. The number of carbonyl (C=O) groups is 10. The van der Waals surface area contributed by atoms with Crippen LogP contribution in [-0.2, 0) is 80.6 Å². The molecular weight excluding hydrogens is 1560 g/mol. The highest BCUT2D eigenvalue weighted by Gasteiger charge is 2.60. The van der Waals surface area contributed by atoms with Crippen LogP contribution in [0.4, 0.5) is 0 Å². The first kappa shape index (κ1) is 82.3. The Morgan fingerprint density at radius 3 is 0.809 bits per heavy atom. The summed E-state index contributed by atoms with van der Waals surface area (Å²) in [6.45, 7) is -1.83. The number of ether oxygens (including phenoxy) is 16. The Balaban J connectivity index is 1.01. The van der Waals surface area contributed by atoms with E-state index in [1.54, 1.807) is 66.7 Å². The number of alkyl halides is 3. The van der Waals surface area contributed by atoms with Crippen molar-refractivity contribution in [2.45, 2.75) is 103 Å². The van der Waals surface area contributed by atoms with Crippen molar-refractivity contribution in [3.8, 4) is 0 Å². The topological polar surface area (TPSA) is 342 Å². The second kappa shape index (κ2) is 39.0. The first-order valence-corrected chi connectivity index (χ1v) is 36.8. The van der Waals surface area contributed by atoms with E-state index in [1.807, 2.05) is 0 Å². The average molecular weight is 1630 g/mol. The number of benzene rings is 9. The van der Waals surface area contributed by atoms with E-state index in [0.29, 0.717) is 0 Å². The summed E-state index contributed by atoms with van der Waals surface area (Å²) >= 11 is 18.8. The van der Waals surface area contributed by atoms with Crippen molar-refractivity contribution < 1.29 is 124 Å². The van der Waals surface area contributed by atoms with Gasteiger partial charge in [-0.1, -0.05) is 199 Å². The summed E-state index contributed by atoms with van der Waals surface area (Å²) in [6, 6.07) is 66.9. The summed E-state index contributed by atoms with van der Waals surface area (Å²) in [5.74, 6) is -12.0. The number of nitrogens with one attached hydrogen (secondary N) is 1. The van der Waals surface area contributed by atoms with E-state index in [-0.39, 0.29) is 50.1 Å². The molecule has 0 bridgehead atoms. The van der Waals surface area contributed by atoms with E-state index in [1.165, 1.54) is 206 Å². The molecule has 9 aromatic carbocycles. The molecule has 3 heterocycles. The lowest BCUT2D eigenvalue weighted by molar-refractivity contribution is -0.360. The molecule has 0 spiro atoms. The minimum atomic E-state index is -2.68. The van der Waals surface area contributed by atoms with Gasteiger partial charge in [0, 0.05) is 6.92 Å². The third-order valence-electron chi connectivity index (χ3n) is 17.8. The van der Waals surface area contributed by atoms with E-state index in [2.05, 4.69) is 0 Å². The first-order chi connectivity index (χ1) is 55.6. The minimum Gasteiger partial charge on any atom is -0.463 e. The quantitative estimate of drug-likeness (QED) is 0.0164. The first-order valence-electron chi connectivity index (χ1n) is 35.6. The van der Waals surface area contributed by atoms with E-state index in [9.17, 15) is 38.4 Å². The van der Waals surface area contributed by atoms with Crippen molar-refractivity contribution in [1.29, 1.82) is 5.41 Å². The van der Waals surface area contributed by atoms with Gasteiger partial charge in [-0.2, -0.15) is 0 Å². The van der Waals surface area contributed by atoms with Gasteiger partial charge in [0.2, 0.25) is 18.3 Å². The number of halogens is 3. The highest BCUT2D eigenvalue weighted by molar-refractivity contribution is 6.76. The van der Waals surface area contributed by atoms with Gasteiger partial charge in [0.1, 0.15) is 37.6 Å². The van der Waals surface area contributed by atoms with E-state index in [4.69, 9.17) is 116 Å².